The fourth-order valence-corrected chi connectivity index (χ4v) is 2.06. The summed E-state index contributed by atoms with van der Waals surface area (Å²) in [5.74, 6) is -2.47. The number of carboxylic acids is 1. The molecule has 21 heavy (non-hydrogen) atoms. The fourth-order valence-electron chi connectivity index (χ4n) is 2.06. The van der Waals surface area contributed by atoms with Crippen LogP contribution in [-0.2, 0) is 11.2 Å². The topological polar surface area (TPSA) is 80.4 Å². The van der Waals surface area contributed by atoms with E-state index in [9.17, 15) is 24.4 Å². The van der Waals surface area contributed by atoms with Crippen LogP contribution < -0.4 is 0 Å². The zero-order chi connectivity index (χ0) is 15.4. The summed E-state index contributed by atoms with van der Waals surface area (Å²) in [7, 11) is 0. The smallest absolute Gasteiger partial charge is 0.311 e. The number of carboxylic acid groups (broad SMARTS) is 1. The van der Waals surface area contributed by atoms with E-state index >= 15 is 0 Å². The van der Waals surface area contributed by atoms with Gasteiger partial charge in [-0.2, -0.15) is 0 Å². The lowest BCUT2D eigenvalue weighted by Gasteiger charge is -2.13. The van der Waals surface area contributed by atoms with Gasteiger partial charge in [0, 0.05) is 12.1 Å². The van der Waals surface area contributed by atoms with Gasteiger partial charge >= 0.3 is 5.97 Å². The van der Waals surface area contributed by atoms with Crippen molar-refractivity contribution >= 4 is 11.7 Å². The van der Waals surface area contributed by atoms with Crippen LogP contribution in [0.25, 0.3) is 0 Å². The van der Waals surface area contributed by atoms with E-state index in [1.165, 1.54) is 42.5 Å². The maximum absolute atomic E-state index is 13.2. The van der Waals surface area contributed by atoms with Crippen LogP contribution >= 0.6 is 0 Å². The molecular formula is C15H12FNO4. The number of rotatable bonds is 5. The van der Waals surface area contributed by atoms with E-state index in [0.29, 0.717) is 11.1 Å². The highest BCUT2D eigenvalue weighted by Crippen LogP contribution is 2.23. The Labute approximate surface area is 119 Å². The molecule has 5 nitrogen and oxygen atoms in total. The summed E-state index contributed by atoms with van der Waals surface area (Å²) in [5, 5.41) is 19.9. The van der Waals surface area contributed by atoms with E-state index < -0.39 is 22.6 Å². The van der Waals surface area contributed by atoms with Crippen LogP contribution in [0, 0.1) is 15.9 Å². The maximum Gasteiger partial charge on any atom is 0.311 e. The normalized spacial score (nSPS) is 11.9. The molecule has 108 valence electrons. The molecule has 0 saturated heterocycles. The Kier molecular flexibility index (Phi) is 4.27. The molecule has 6 heteroatoms. The third-order valence-corrected chi connectivity index (χ3v) is 3.14. The Bertz CT molecular complexity index is 670. The number of nitrogens with zero attached hydrogens (tertiary/aromatic N) is 1. The molecular weight excluding hydrogens is 277 g/mol. The van der Waals surface area contributed by atoms with Crippen LogP contribution in [-0.4, -0.2) is 16.0 Å². The first kappa shape index (κ1) is 14.6. The Balaban J connectivity index is 2.24. The first-order chi connectivity index (χ1) is 9.97. The summed E-state index contributed by atoms with van der Waals surface area (Å²) in [4.78, 5) is 21.4. The molecule has 0 heterocycles. The Morgan fingerprint density at radius 3 is 2.43 bits per heavy atom. The van der Waals surface area contributed by atoms with Gasteiger partial charge in [-0.15, -0.1) is 0 Å². The van der Waals surface area contributed by atoms with Crippen LogP contribution in [0.5, 0.6) is 0 Å². The van der Waals surface area contributed by atoms with Gasteiger partial charge < -0.3 is 5.11 Å². The summed E-state index contributed by atoms with van der Waals surface area (Å²) >= 11 is 0. The molecule has 0 spiro atoms. The van der Waals surface area contributed by atoms with Crippen LogP contribution in [0.2, 0.25) is 0 Å². The lowest BCUT2D eigenvalue weighted by atomic mass is 9.92. The predicted molar refractivity (Wildman–Crippen MR) is 73.6 cm³/mol. The first-order valence-corrected chi connectivity index (χ1v) is 6.19. The molecule has 2 aromatic carbocycles. The van der Waals surface area contributed by atoms with E-state index in [2.05, 4.69) is 0 Å². The van der Waals surface area contributed by atoms with Crippen LogP contribution in [0.15, 0.2) is 48.5 Å². The quantitative estimate of drug-likeness (QED) is 0.677. The molecule has 2 aromatic rings. The predicted octanol–water partition coefficient (Wildman–Crippen LogP) is 3.14. The minimum atomic E-state index is -1.07. The average molecular weight is 289 g/mol. The molecule has 0 aliphatic rings. The molecule has 0 radical (unpaired) electrons. The van der Waals surface area contributed by atoms with Crippen molar-refractivity contribution in [1.82, 2.24) is 0 Å². The Hall–Kier alpha value is -2.76. The van der Waals surface area contributed by atoms with E-state index in [-0.39, 0.29) is 12.1 Å². The summed E-state index contributed by atoms with van der Waals surface area (Å²) in [6.45, 7) is 0. The standard InChI is InChI=1S/C15H12FNO4/c16-12-3-1-2-11(9-12)14(15(18)19)8-10-4-6-13(7-5-10)17(20)21/h1-7,9,14H,8H2,(H,18,19). The third-order valence-electron chi connectivity index (χ3n) is 3.14. The number of benzene rings is 2. The van der Waals surface area contributed by atoms with Gasteiger partial charge in [-0.3, -0.25) is 14.9 Å². The van der Waals surface area contributed by atoms with Gasteiger partial charge in [0.05, 0.1) is 10.8 Å². The third kappa shape index (κ3) is 3.62. The molecule has 0 bridgehead atoms. The molecule has 0 saturated carbocycles. The Morgan fingerprint density at radius 2 is 1.90 bits per heavy atom. The van der Waals surface area contributed by atoms with Gasteiger partial charge in [0.2, 0.25) is 0 Å². The second-order valence-corrected chi connectivity index (χ2v) is 4.57. The van der Waals surface area contributed by atoms with Gasteiger partial charge in [-0.25, -0.2) is 4.39 Å². The van der Waals surface area contributed by atoms with Gasteiger partial charge in [-0.05, 0) is 29.7 Å². The molecule has 0 aliphatic heterocycles. The molecule has 0 amide bonds. The average Bonchev–Trinajstić information content (AvgIpc) is 2.45. The molecule has 0 fully saturated rings. The summed E-state index contributed by atoms with van der Waals surface area (Å²) < 4.78 is 13.2. The zero-order valence-electron chi connectivity index (χ0n) is 10.9. The maximum atomic E-state index is 13.2. The minimum absolute atomic E-state index is 0.0589. The van der Waals surface area contributed by atoms with E-state index in [4.69, 9.17) is 0 Å². The summed E-state index contributed by atoms with van der Waals surface area (Å²) in [5.41, 5.74) is 0.939. The van der Waals surface area contributed by atoms with E-state index in [1.807, 2.05) is 0 Å². The van der Waals surface area contributed by atoms with Gasteiger partial charge in [0.25, 0.3) is 5.69 Å². The minimum Gasteiger partial charge on any atom is -0.481 e. The number of aliphatic carboxylic acids is 1. The lowest BCUT2D eigenvalue weighted by Crippen LogP contribution is -2.14. The molecule has 0 aromatic heterocycles. The first-order valence-electron chi connectivity index (χ1n) is 6.19. The van der Waals surface area contributed by atoms with Crippen molar-refractivity contribution in [3.63, 3.8) is 0 Å². The van der Waals surface area contributed by atoms with Crippen molar-refractivity contribution in [2.45, 2.75) is 12.3 Å². The van der Waals surface area contributed by atoms with Crippen LogP contribution in [0.3, 0.4) is 0 Å². The van der Waals surface area contributed by atoms with Crippen molar-refractivity contribution in [2.24, 2.45) is 0 Å². The number of nitro groups is 1. The zero-order valence-corrected chi connectivity index (χ0v) is 10.9. The second kappa shape index (κ2) is 6.13. The highest BCUT2D eigenvalue weighted by Gasteiger charge is 2.21. The largest absolute Gasteiger partial charge is 0.481 e. The SMILES string of the molecule is O=C(O)C(Cc1ccc([N+](=O)[O-])cc1)c1cccc(F)c1. The lowest BCUT2D eigenvalue weighted by molar-refractivity contribution is -0.384. The highest BCUT2D eigenvalue weighted by atomic mass is 19.1. The van der Waals surface area contributed by atoms with Crippen molar-refractivity contribution in [2.75, 3.05) is 0 Å². The van der Waals surface area contributed by atoms with Crippen LogP contribution in [0.1, 0.15) is 17.0 Å². The highest BCUT2D eigenvalue weighted by molar-refractivity contribution is 5.76. The summed E-state index contributed by atoms with van der Waals surface area (Å²) in [6.07, 6.45) is 0.136. The van der Waals surface area contributed by atoms with Crippen molar-refractivity contribution in [3.8, 4) is 0 Å². The van der Waals surface area contributed by atoms with E-state index in [0.717, 1.165) is 0 Å². The Morgan fingerprint density at radius 1 is 1.24 bits per heavy atom. The number of hydrogen-bond donors (Lipinski definition) is 1. The number of nitro benzene ring substituents is 1. The van der Waals surface area contributed by atoms with E-state index in [1.54, 1.807) is 6.07 Å². The fraction of sp³-hybridized carbons (Fsp3) is 0.133. The second-order valence-electron chi connectivity index (χ2n) is 4.57. The molecule has 0 aliphatic carbocycles. The number of non-ortho nitro benzene ring substituents is 1. The van der Waals surface area contributed by atoms with Crippen molar-refractivity contribution in [1.29, 1.82) is 0 Å². The summed E-state index contributed by atoms with van der Waals surface area (Å²) in [6, 6.07) is 11.1. The molecule has 2 rings (SSSR count). The molecule has 1 N–H and O–H groups in total. The molecule has 1 atom stereocenters. The van der Waals surface area contributed by atoms with Crippen molar-refractivity contribution < 1.29 is 19.2 Å². The monoisotopic (exact) mass is 289 g/mol. The van der Waals surface area contributed by atoms with Gasteiger partial charge in [0.15, 0.2) is 0 Å². The molecule has 1 unspecified atom stereocenters. The number of halogens is 1. The van der Waals surface area contributed by atoms with Crippen molar-refractivity contribution in [3.05, 3.63) is 75.6 Å². The number of carbonyl (C=O) groups is 1. The van der Waals surface area contributed by atoms with Crippen LogP contribution in [0.4, 0.5) is 10.1 Å². The van der Waals surface area contributed by atoms with Gasteiger partial charge in [-0.1, -0.05) is 24.3 Å². The van der Waals surface area contributed by atoms with Gasteiger partial charge in [0.1, 0.15) is 5.82 Å². The number of hydrogen-bond acceptors (Lipinski definition) is 3.